The van der Waals surface area contributed by atoms with Crippen molar-refractivity contribution >= 4 is 11.9 Å². The molecule has 5 nitrogen and oxygen atoms in total. The number of nitrogens with one attached hydrogen (secondary N) is 1. The minimum Gasteiger partial charge on any atom is -0.507 e. The first kappa shape index (κ1) is 15.8. The van der Waals surface area contributed by atoms with Crippen molar-refractivity contribution in [1.29, 1.82) is 0 Å². The first-order valence-electron chi connectivity index (χ1n) is 8.43. The molecule has 1 fully saturated rings. The van der Waals surface area contributed by atoms with Crippen LogP contribution >= 0.6 is 0 Å². The van der Waals surface area contributed by atoms with Gasteiger partial charge in [-0.25, -0.2) is 0 Å². The highest BCUT2D eigenvalue weighted by atomic mass is 16.4. The third kappa shape index (κ3) is 3.33. The molecule has 2 aliphatic rings. The number of fused-ring (bicyclic) bond motifs is 1. The van der Waals surface area contributed by atoms with Crippen LogP contribution in [0.2, 0.25) is 0 Å². The van der Waals surface area contributed by atoms with Gasteiger partial charge in [0.25, 0.3) is 5.91 Å². The van der Waals surface area contributed by atoms with E-state index in [0.29, 0.717) is 31.2 Å². The number of carbonyl (C=O) groups is 2. The van der Waals surface area contributed by atoms with Gasteiger partial charge >= 0.3 is 5.97 Å². The minimum atomic E-state index is -0.748. The average molecular weight is 317 g/mol. The minimum absolute atomic E-state index is 0.00599. The van der Waals surface area contributed by atoms with E-state index in [4.69, 9.17) is 5.11 Å². The molecule has 0 heterocycles. The lowest BCUT2D eigenvalue weighted by Gasteiger charge is -2.27. The van der Waals surface area contributed by atoms with Crippen molar-refractivity contribution in [3.63, 3.8) is 0 Å². The molecule has 0 spiro atoms. The second-order valence-corrected chi connectivity index (χ2v) is 6.67. The molecule has 0 bridgehead atoms. The molecule has 2 aliphatic carbocycles. The fourth-order valence-corrected chi connectivity index (χ4v) is 3.74. The number of carbonyl (C=O) groups excluding carboxylic acids is 1. The molecule has 124 valence electrons. The zero-order valence-electron chi connectivity index (χ0n) is 13.2. The number of phenolic OH excluding ortho intramolecular Hbond substituents is 1. The fraction of sp³-hybridized carbons (Fsp3) is 0.556. The highest BCUT2D eigenvalue weighted by Crippen LogP contribution is 2.32. The number of phenols is 1. The molecule has 3 N–H and O–H groups in total. The Morgan fingerprint density at radius 1 is 1.04 bits per heavy atom. The van der Waals surface area contributed by atoms with Gasteiger partial charge in [0.05, 0.1) is 11.5 Å². The predicted molar refractivity (Wildman–Crippen MR) is 85.6 cm³/mol. The van der Waals surface area contributed by atoms with E-state index in [0.717, 1.165) is 36.8 Å². The molecule has 0 unspecified atom stereocenters. The summed E-state index contributed by atoms with van der Waals surface area (Å²) in [7, 11) is 0. The Kier molecular flexibility index (Phi) is 4.55. The molecule has 0 aromatic heterocycles. The number of aliphatic carboxylic acids is 1. The Morgan fingerprint density at radius 2 is 1.74 bits per heavy atom. The second kappa shape index (κ2) is 6.60. The van der Waals surface area contributed by atoms with Crippen molar-refractivity contribution in [2.75, 3.05) is 0 Å². The zero-order chi connectivity index (χ0) is 16.4. The van der Waals surface area contributed by atoms with E-state index in [1.165, 1.54) is 0 Å². The van der Waals surface area contributed by atoms with Gasteiger partial charge in [-0.1, -0.05) is 6.07 Å². The smallest absolute Gasteiger partial charge is 0.306 e. The molecule has 1 aromatic rings. The first-order chi connectivity index (χ1) is 11.1. The lowest BCUT2D eigenvalue weighted by Crippen LogP contribution is -2.38. The third-order valence-corrected chi connectivity index (χ3v) is 5.16. The molecule has 1 saturated carbocycles. The maximum absolute atomic E-state index is 12.4. The normalized spacial score (nSPS) is 23.8. The summed E-state index contributed by atoms with van der Waals surface area (Å²) in [5.74, 6) is -1.17. The van der Waals surface area contributed by atoms with E-state index in [1.807, 2.05) is 6.07 Å². The number of benzene rings is 1. The fourth-order valence-electron chi connectivity index (χ4n) is 3.74. The first-order valence-corrected chi connectivity index (χ1v) is 8.43. The van der Waals surface area contributed by atoms with Gasteiger partial charge in [0.15, 0.2) is 0 Å². The maximum Gasteiger partial charge on any atom is 0.306 e. The summed E-state index contributed by atoms with van der Waals surface area (Å²) in [4.78, 5) is 23.4. The highest BCUT2D eigenvalue weighted by molar-refractivity contribution is 5.97. The van der Waals surface area contributed by atoms with E-state index >= 15 is 0 Å². The van der Waals surface area contributed by atoms with Gasteiger partial charge in [-0.15, -0.1) is 0 Å². The number of carboxylic acid groups (broad SMARTS) is 1. The van der Waals surface area contributed by atoms with E-state index in [-0.39, 0.29) is 23.6 Å². The van der Waals surface area contributed by atoms with Crippen LogP contribution in [0.3, 0.4) is 0 Å². The molecular weight excluding hydrogens is 294 g/mol. The van der Waals surface area contributed by atoms with Crippen LogP contribution in [0.1, 0.15) is 60.0 Å². The second-order valence-electron chi connectivity index (χ2n) is 6.67. The van der Waals surface area contributed by atoms with Gasteiger partial charge in [0, 0.05) is 6.04 Å². The van der Waals surface area contributed by atoms with Crippen LogP contribution in [0.15, 0.2) is 12.1 Å². The number of amides is 1. The van der Waals surface area contributed by atoms with Crippen LogP contribution in [0.5, 0.6) is 5.75 Å². The molecule has 23 heavy (non-hydrogen) atoms. The van der Waals surface area contributed by atoms with Crippen LogP contribution in [0.25, 0.3) is 0 Å². The van der Waals surface area contributed by atoms with Gasteiger partial charge in [-0.3, -0.25) is 9.59 Å². The average Bonchev–Trinajstić information content (AvgIpc) is 2.56. The lowest BCUT2D eigenvalue weighted by molar-refractivity contribution is -0.142. The Hall–Kier alpha value is -2.04. The molecule has 1 aromatic carbocycles. The lowest BCUT2D eigenvalue weighted by atomic mass is 9.86. The SMILES string of the molecule is O=C(NC1CCC(C(=O)O)CC1)c1ccc2c(c1O)CCCC2. The molecule has 1 amide bonds. The molecule has 5 heteroatoms. The molecule has 3 rings (SSSR count). The van der Waals surface area contributed by atoms with Crippen molar-refractivity contribution in [3.8, 4) is 5.75 Å². The van der Waals surface area contributed by atoms with E-state index in [2.05, 4.69) is 5.32 Å². The van der Waals surface area contributed by atoms with Gasteiger partial charge in [0.2, 0.25) is 0 Å². The third-order valence-electron chi connectivity index (χ3n) is 5.16. The summed E-state index contributed by atoms with van der Waals surface area (Å²) >= 11 is 0. The van der Waals surface area contributed by atoms with Crippen molar-refractivity contribution < 1.29 is 19.8 Å². The quantitative estimate of drug-likeness (QED) is 0.800. The van der Waals surface area contributed by atoms with Crippen molar-refractivity contribution in [3.05, 3.63) is 28.8 Å². The van der Waals surface area contributed by atoms with Gasteiger partial charge in [-0.2, -0.15) is 0 Å². The van der Waals surface area contributed by atoms with Gasteiger partial charge in [-0.05, 0) is 68.6 Å². The van der Waals surface area contributed by atoms with Crippen LogP contribution < -0.4 is 5.32 Å². The monoisotopic (exact) mass is 317 g/mol. The van der Waals surface area contributed by atoms with Crippen LogP contribution in [0, 0.1) is 5.92 Å². The zero-order valence-corrected chi connectivity index (χ0v) is 13.2. The summed E-state index contributed by atoms with van der Waals surface area (Å²) in [6.45, 7) is 0. The van der Waals surface area contributed by atoms with Crippen LogP contribution in [-0.2, 0) is 17.6 Å². The van der Waals surface area contributed by atoms with Crippen LogP contribution in [-0.4, -0.2) is 28.1 Å². The van der Waals surface area contributed by atoms with E-state index in [9.17, 15) is 14.7 Å². The largest absolute Gasteiger partial charge is 0.507 e. The number of rotatable bonds is 3. The number of hydrogen-bond acceptors (Lipinski definition) is 3. The summed E-state index contributed by atoms with van der Waals surface area (Å²) in [5.41, 5.74) is 2.40. The summed E-state index contributed by atoms with van der Waals surface area (Å²) in [6.07, 6.45) is 6.50. The van der Waals surface area contributed by atoms with E-state index in [1.54, 1.807) is 6.07 Å². The van der Waals surface area contributed by atoms with Crippen molar-refractivity contribution in [2.45, 2.75) is 57.4 Å². The predicted octanol–water partition coefficient (Wildman–Crippen LogP) is 2.64. The molecule has 0 aliphatic heterocycles. The van der Waals surface area contributed by atoms with Crippen molar-refractivity contribution in [1.82, 2.24) is 5.32 Å². The van der Waals surface area contributed by atoms with Gasteiger partial charge < -0.3 is 15.5 Å². The Bertz CT molecular complexity index is 618. The van der Waals surface area contributed by atoms with Crippen LogP contribution in [0.4, 0.5) is 0 Å². The number of aromatic hydroxyl groups is 1. The standard InChI is InChI=1S/C18H23NO4/c20-16-14-4-2-1-3-11(14)7-10-15(16)17(21)19-13-8-5-12(6-9-13)18(22)23/h7,10,12-13,20H,1-6,8-9H2,(H,19,21)(H,22,23). The highest BCUT2D eigenvalue weighted by Gasteiger charge is 2.28. The topological polar surface area (TPSA) is 86.6 Å². The molecule has 0 radical (unpaired) electrons. The number of hydrogen-bond donors (Lipinski definition) is 3. The summed E-state index contributed by atoms with van der Waals surface area (Å²) in [6, 6.07) is 3.65. The maximum atomic E-state index is 12.4. The molecular formula is C18H23NO4. The summed E-state index contributed by atoms with van der Waals surface area (Å²) < 4.78 is 0. The van der Waals surface area contributed by atoms with E-state index < -0.39 is 5.97 Å². The molecule has 0 atom stereocenters. The Labute approximate surface area is 135 Å². The van der Waals surface area contributed by atoms with Crippen molar-refractivity contribution in [2.24, 2.45) is 5.92 Å². The Morgan fingerprint density at radius 3 is 2.43 bits per heavy atom. The molecule has 0 saturated heterocycles. The number of carboxylic acids is 1. The summed E-state index contributed by atoms with van der Waals surface area (Å²) in [5, 5.41) is 22.4. The van der Waals surface area contributed by atoms with Gasteiger partial charge in [0.1, 0.15) is 5.75 Å². The Balaban J connectivity index is 1.66. The number of aryl methyl sites for hydroxylation is 1.